The van der Waals surface area contributed by atoms with Gasteiger partial charge in [-0.05, 0) is 57.7 Å². The van der Waals surface area contributed by atoms with Gasteiger partial charge < -0.3 is 9.88 Å². The summed E-state index contributed by atoms with van der Waals surface area (Å²) in [5, 5.41) is 3.11. The normalized spacial score (nSPS) is 24.5. The maximum atomic E-state index is 12.6. The van der Waals surface area contributed by atoms with Gasteiger partial charge >= 0.3 is 0 Å². The molecule has 152 valence electrons. The van der Waals surface area contributed by atoms with Gasteiger partial charge in [0.05, 0.1) is 17.4 Å². The highest BCUT2D eigenvalue weighted by atomic mass is 16.1. The summed E-state index contributed by atoms with van der Waals surface area (Å²) in [6, 6.07) is 7.75. The van der Waals surface area contributed by atoms with Crippen molar-refractivity contribution in [1.29, 1.82) is 0 Å². The quantitative estimate of drug-likeness (QED) is 0.826. The van der Waals surface area contributed by atoms with Gasteiger partial charge in [0.2, 0.25) is 0 Å². The summed E-state index contributed by atoms with van der Waals surface area (Å²) in [5.74, 6) is 0.00596. The number of fused-ring (bicyclic) bond motifs is 1. The van der Waals surface area contributed by atoms with Gasteiger partial charge in [0.15, 0.2) is 0 Å². The lowest BCUT2D eigenvalue weighted by Crippen LogP contribution is -2.47. The summed E-state index contributed by atoms with van der Waals surface area (Å²) in [7, 11) is 0. The molecule has 1 amide bonds. The molecule has 1 saturated carbocycles. The molecule has 1 aliphatic carbocycles. The van der Waals surface area contributed by atoms with Crippen LogP contribution in [-0.4, -0.2) is 45.5 Å². The van der Waals surface area contributed by atoms with Crippen LogP contribution >= 0.6 is 0 Å². The van der Waals surface area contributed by atoms with E-state index in [1.165, 1.54) is 51.4 Å². The van der Waals surface area contributed by atoms with Crippen molar-refractivity contribution in [3.05, 3.63) is 30.1 Å². The molecule has 2 fully saturated rings. The number of nitrogens with one attached hydrogen (secondary N) is 1. The summed E-state index contributed by atoms with van der Waals surface area (Å²) in [5.41, 5.74) is 2.79. The van der Waals surface area contributed by atoms with E-state index in [4.69, 9.17) is 0 Å². The maximum absolute atomic E-state index is 12.6. The first-order chi connectivity index (χ1) is 13.6. The average Bonchev–Trinajstić information content (AvgIpc) is 3.14. The Balaban J connectivity index is 1.37. The molecule has 0 bridgehead atoms. The maximum Gasteiger partial charge on any atom is 0.251 e. The highest BCUT2D eigenvalue weighted by molar-refractivity contribution is 5.97. The molecule has 2 aliphatic rings. The fourth-order valence-corrected chi connectivity index (χ4v) is 5.14. The minimum atomic E-state index is 0.00596. The molecule has 1 N–H and O–H groups in total. The van der Waals surface area contributed by atoms with Gasteiger partial charge in [-0.3, -0.25) is 9.69 Å². The first-order valence-electron chi connectivity index (χ1n) is 11.1. The fraction of sp³-hybridized carbons (Fsp3) is 0.652. The van der Waals surface area contributed by atoms with Crippen molar-refractivity contribution >= 4 is 16.9 Å². The highest BCUT2D eigenvalue weighted by Gasteiger charge is 2.24. The predicted molar refractivity (Wildman–Crippen MR) is 114 cm³/mol. The summed E-state index contributed by atoms with van der Waals surface area (Å²) in [6.07, 6.45) is 12.2. The Morgan fingerprint density at radius 2 is 1.82 bits per heavy atom. The van der Waals surface area contributed by atoms with E-state index in [9.17, 15) is 4.79 Å². The molecule has 2 aromatic rings. The standard InChI is InChI=1S/C23H34N4O/c1-17-7-6-8-18(2)26(17)14-13-24-23(28)19-11-12-22-21(15-19)25-16-27(22)20-9-4-3-5-10-20/h11-12,15-18,20H,3-10,13-14H2,1-2H3,(H,24,28). The Morgan fingerprint density at radius 3 is 2.57 bits per heavy atom. The lowest BCUT2D eigenvalue weighted by Gasteiger charge is -2.39. The molecule has 2 heterocycles. The van der Waals surface area contributed by atoms with E-state index in [0.29, 0.717) is 30.2 Å². The van der Waals surface area contributed by atoms with E-state index in [1.807, 2.05) is 18.5 Å². The first kappa shape index (κ1) is 19.4. The lowest BCUT2D eigenvalue weighted by atomic mass is 9.95. The van der Waals surface area contributed by atoms with Gasteiger partial charge in [0, 0.05) is 36.8 Å². The molecule has 28 heavy (non-hydrogen) atoms. The third-order valence-corrected chi connectivity index (χ3v) is 6.84. The van der Waals surface area contributed by atoms with Crippen LogP contribution in [0.3, 0.4) is 0 Å². The second-order valence-electron chi connectivity index (χ2n) is 8.77. The Hall–Kier alpha value is -1.88. The summed E-state index contributed by atoms with van der Waals surface area (Å²) in [6.45, 7) is 6.22. The second-order valence-corrected chi connectivity index (χ2v) is 8.77. The smallest absolute Gasteiger partial charge is 0.251 e. The molecule has 1 saturated heterocycles. The molecule has 2 unspecified atom stereocenters. The number of nitrogens with zero attached hydrogens (tertiary/aromatic N) is 3. The van der Waals surface area contributed by atoms with Crippen LogP contribution in [0.1, 0.15) is 81.6 Å². The van der Waals surface area contributed by atoms with E-state index in [2.05, 4.69) is 39.7 Å². The Kier molecular flexibility index (Phi) is 6.00. The Bertz CT molecular complexity index is 798. The van der Waals surface area contributed by atoms with Gasteiger partial charge in [-0.25, -0.2) is 4.98 Å². The van der Waals surface area contributed by atoms with Crippen molar-refractivity contribution in [3.8, 4) is 0 Å². The van der Waals surface area contributed by atoms with Gasteiger partial charge in [-0.15, -0.1) is 0 Å². The predicted octanol–water partition coefficient (Wildman–Crippen LogP) is 4.53. The minimum absolute atomic E-state index is 0.00596. The highest BCUT2D eigenvalue weighted by Crippen LogP contribution is 2.31. The van der Waals surface area contributed by atoms with Crippen LogP contribution in [0, 0.1) is 0 Å². The number of piperidine rings is 1. The zero-order valence-electron chi connectivity index (χ0n) is 17.4. The van der Waals surface area contributed by atoms with Gasteiger partial charge in [-0.1, -0.05) is 25.7 Å². The van der Waals surface area contributed by atoms with E-state index < -0.39 is 0 Å². The molecular formula is C23H34N4O. The molecule has 5 nitrogen and oxygen atoms in total. The molecular weight excluding hydrogens is 348 g/mol. The number of hydrogen-bond donors (Lipinski definition) is 1. The molecule has 0 spiro atoms. The summed E-state index contributed by atoms with van der Waals surface area (Å²) < 4.78 is 2.31. The number of likely N-dealkylation sites (tertiary alicyclic amines) is 1. The molecule has 5 heteroatoms. The number of aromatic nitrogens is 2. The third kappa shape index (κ3) is 4.09. The summed E-state index contributed by atoms with van der Waals surface area (Å²) in [4.78, 5) is 19.7. The van der Waals surface area contributed by atoms with Crippen LogP contribution in [-0.2, 0) is 0 Å². The Labute approximate surface area is 168 Å². The number of rotatable bonds is 5. The average molecular weight is 383 g/mol. The lowest BCUT2D eigenvalue weighted by molar-refractivity contribution is 0.0889. The van der Waals surface area contributed by atoms with E-state index in [0.717, 1.165) is 17.6 Å². The molecule has 4 rings (SSSR count). The molecule has 1 aliphatic heterocycles. The monoisotopic (exact) mass is 382 g/mol. The number of carbonyl (C=O) groups is 1. The zero-order valence-corrected chi connectivity index (χ0v) is 17.4. The zero-order chi connectivity index (χ0) is 19.5. The molecule has 1 aromatic heterocycles. The number of carbonyl (C=O) groups excluding carboxylic acids is 1. The molecule has 2 atom stereocenters. The van der Waals surface area contributed by atoms with E-state index in [-0.39, 0.29) is 5.91 Å². The van der Waals surface area contributed by atoms with Crippen molar-refractivity contribution < 1.29 is 4.79 Å². The van der Waals surface area contributed by atoms with E-state index in [1.54, 1.807) is 0 Å². The largest absolute Gasteiger partial charge is 0.351 e. The van der Waals surface area contributed by atoms with Crippen LogP contribution in [0.15, 0.2) is 24.5 Å². The minimum Gasteiger partial charge on any atom is -0.351 e. The number of amides is 1. The SMILES string of the molecule is CC1CCCC(C)N1CCNC(=O)c1ccc2c(c1)ncn2C1CCCCC1. The van der Waals surface area contributed by atoms with Crippen molar-refractivity contribution in [2.75, 3.05) is 13.1 Å². The molecule has 0 radical (unpaired) electrons. The number of hydrogen-bond acceptors (Lipinski definition) is 3. The van der Waals surface area contributed by atoms with Crippen LogP contribution in [0.5, 0.6) is 0 Å². The van der Waals surface area contributed by atoms with Crippen molar-refractivity contribution in [2.45, 2.75) is 83.3 Å². The Morgan fingerprint density at radius 1 is 1.07 bits per heavy atom. The number of benzene rings is 1. The van der Waals surface area contributed by atoms with Crippen LogP contribution in [0.4, 0.5) is 0 Å². The van der Waals surface area contributed by atoms with Gasteiger partial charge in [0.1, 0.15) is 0 Å². The fourth-order valence-electron chi connectivity index (χ4n) is 5.14. The van der Waals surface area contributed by atoms with Crippen LogP contribution in [0.2, 0.25) is 0 Å². The first-order valence-corrected chi connectivity index (χ1v) is 11.1. The van der Waals surface area contributed by atoms with Gasteiger partial charge in [-0.2, -0.15) is 0 Å². The third-order valence-electron chi connectivity index (χ3n) is 6.84. The van der Waals surface area contributed by atoms with Crippen LogP contribution in [0.25, 0.3) is 11.0 Å². The summed E-state index contributed by atoms with van der Waals surface area (Å²) >= 11 is 0. The van der Waals surface area contributed by atoms with Crippen molar-refractivity contribution in [3.63, 3.8) is 0 Å². The topological polar surface area (TPSA) is 50.2 Å². The van der Waals surface area contributed by atoms with E-state index >= 15 is 0 Å². The van der Waals surface area contributed by atoms with Crippen LogP contribution < -0.4 is 5.32 Å². The van der Waals surface area contributed by atoms with Gasteiger partial charge in [0.25, 0.3) is 5.91 Å². The second kappa shape index (κ2) is 8.64. The number of imidazole rings is 1. The van der Waals surface area contributed by atoms with Crippen molar-refractivity contribution in [1.82, 2.24) is 19.8 Å². The van der Waals surface area contributed by atoms with Crippen molar-refractivity contribution in [2.24, 2.45) is 0 Å². The molecule has 1 aromatic carbocycles.